The van der Waals surface area contributed by atoms with Crippen LogP contribution in [0.1, 0.15) is 25.7 Å². The number of hydrogen-bond acceptors (Lipinski definition) is 3. The first-order valence-corrected chi connectivity index (χ1v) is 4.34. The van der Waals surface area contributed by atoms with E-state index in [0.717, 1.165) is 38.9 Å². The Balaban J connectivity index is 2.00. The van der Waals surface area contributed by atoms with Gasteiger partial charge in [-0.1, -0.05) is 0 Å². The van der Waals surface area contributed by atoms with Crippen molar-refractivity contribution in [3.63, 3.8) is 0 Å². The van der Waals surface area contributed by atoms with Crippen molar-refractivity contribution < 1.29 is 9.47 Å². The lowest BCUT2D eigenvalue weighted by molar-refractivity contribution is -0.179. The minimum Gasteiger partial charge on any atom is -0.347 e. The molecule has 1 aliphatic heterocycles. The first-order chi connectivity index (χ1) is 5.31. The molecule has 1 saturated carbocycles. The fourth-order valence-corrected chi connectivity index (χ4v) is 2.00. The molecule has 2 aliphatic rings. The first kappa shape index (κ1) is 7.53. The SMILES string of the molecule is N[C@@H]1CCCC2(C1)OCCO2. The van der Waals surface area contributed by atoms with Gasteiger partial charge in [0, 0.05) is 18.9 Å². The third-order valence-electron chi connectivity index (χ3n) is 2.52. The van der Waals surface area contributed by atoms with E-state index in [1.807, 2.05) is 0 Å². The normalized spacial score (nSPS) is 36.3. The second-order valence-corrected chi connectivity index (χ2v) is 3.46. The second kappa shape index (κ2) is 2.73. The van der Waals surface area contributed by atoms with Crippen molar-refractivity contribution in [1.29, 1.82) is 0 Å². The van der Waals surface area contributed by atoms with Gasteiger partial charge < -0.3 is 15.2 Å². The van der Waals surface area contributed by atoms with Gasteiger partial charge in [0.2, 0.25) is 0 Å². The maximum atomic E-state index is 5.83. The summed E-state index contributed by atoms with van der Waals surface area (Å²) in [6, 6.07) is 0.279. The van der Waals surface area contributed by atoms with Gasteiger partial charge in [0.15, 0.2) is 5.79 Å². The third kappa shape index (κ3) is 1.41. The van der Waals surface area contributed by atoms with Gasteiger partial charge in [0.1, 0.15) is 0 Å². The van der Waals surface area contributed by atoms with E-state index in [2.05, 4.69) is 0 Å². The lowest BCUT2D eigenvalue weighted by atomic mass is 9.90. The molecule has 3 nitrogen and oxygen atoms in total. The van der Waals surface area contributed by atoms with Crippen LogP contribution < -0.4 is 5.73 Å². The Morgan fingerprint density at radius 1 is 1.27 bits per heavy atom. The first-order valence-electron chi connectivity index (χ1n) is 4.34. The average Bonchev–Trinajstić information content (AvgIpc) is 2.37. The molecule has 2 N–H and O–H groups in total. The molecule has 0 aromatic heterocycles. The van der Waals surface area contributed by atoms with Crippen molar-refractivity contribution in [3.8, 4) is 0 Å². The molecule has 1 saturated heterocycles. The van der Waals surface area contributed by atoms with E-state index in [1.54, 1.807) is 0 Å². The van der Waals surface area contributed by atoms with Crippen LogP contribution in [-0.2, 0) is 9.47 Å². The predicted molar refractivity (Wildman–Crippen MR) is 41.1 cm³/mol. The molecule has 2 fully saturated rings. The largest absolute Gasteiger partial charge is 0.347 e. The van der Waals surface area contributed by atoms with Gasteiger partial charge in [-0.15, -0.1) is 0 Å². The summed E-state index contributed by atoms with van der Waals surface area (Å²) in [7, 11) is 0. The fraction of sp³-hybridized carbons (Fsp3) is 1.00. The molecule has 0 aromatic rings. The minimum absolute atomic E-state index is 0.279. The van der Waals surface area contributed by atoms with E-state index in [0.29, 0.717) is 0 Å². The van der Waals surface area contributed by atoms with Gasteiger partial charge in [-0.05, 0) is 12.8 Å². The summed E-state index contributed by atoms with van der Waals surface area (Å²) in [5.74, 6) is -0.280. The topological polar surface area (TPSA) is 44.5 Å². The molecule has 1 aliphatic carbocycles. The van der Waals surface area contributed by atoms with Crippen molar-refractivity contribution in [1.82, 2.24) is 0 Å². The van der Waals surface area contributed by atoms with Crippen LogP contribution in [0.4, 0.5) is 0 Å². The second-order valence-electron chi connectivity index (χ2n) is 3.46. The molecule has 0 radical (unpaired) electrons. The minimum atomic E-state index is -0.280. The zero-order valence-electron chi connectivity index (χ0n) is 6.71. The number of ether oxygens (including phenoxy) is 2. The van der Waals surface area contributed by atoms with Crippen LogP contribution in [0.3, 0.4) is 0 Å². The van der Waals surface area contributed by atoms with Gasteiger partial charge in [-0.25, -0.2) is 0 Å². The monoisotopic (exact) mass is 157 g/mol. The summed E-state index contributed by atoms with van der Waals surface area (Å²) >= 11 is 0. The third-order valence-corrected chi connectivity index (χ3v) is 2.52. The van der Waals surface area contributed by atoms with Gasteiger partial charge in [0.05, 0.1) is 13.2 Å². The highest BCUT2D eigenvalue weighted by Crippen LogP contribution is 2.34. The molecular weight excluding hydrogens is 142 g/mol. The van der Waals surface area contributed by atoms with Gasteiger partial charge >= 0.3 is 0 Å². The van der Waals surface area contributed by atoms with E-state index in [-0.39, 0.29) is 11.8 Å². The highest BCUT2D eigenvalue weighted by atomic mass is 16.7. The Bertz CT molecular complexity index is 143. The Morgan fingerprint density at radius 2 is 2.00 bits per heavy atom. The molecule has 1 heterocycles. The summed E-state index contributed by atoms with van der Waals surface area (Å²) in [5, 5.41) is 0. The molecule has 2 rings (SSSR count). The van der Waals surface area contributed by atoms with Gasteiger partial charge in [0.25, 0.3) is 0 Å². The zero-order chi connectivity index (χ0) is 7.73. The molecule has 1 atom stereocenters. The van der Waals surface area contributed by atoms with Crippen molar-refractivity contribution in [2.24, 2.45) is 5.73 Å². The van der Waals surface area contributed by atoms with E-state index in [4.69, 9.17) is 15.2 Å². The maximum absolute atomic E-state index is 5.83. The zero-order valence-corrected chi connectivity index (χ0v) is 6.71. The highest BCUT2D eigenvalue weighted by molar-refractivity contribution is 4.84. The Labute approximate surface area is 66.8 Å². The van der Waals surface area contributed by atoms with Crippen LogP contribution >= 0.6 is 0 Å². The van der Waals surface area contributed by atoms with Crippen LogP contribution in [-0.4, -0.2) is 25.0 Å². The van der Waals surface area contributed by atoms with E-state index < -0.39 is 0 Å². The summed E-state index contributed by atoms with van der Waals surface area (Å²) in [5.41, 5.74) is 5.83. The Morgan fingerprint density at radius 3 is 2.64 bits per heavy atom. The smallest absolute Gasteiger partial charge is 0.169 e. The predicted octanol–water partition coefficient (Wildman–Crippen LogP) is 0.631. The number of rotatable bonds is 0. The van der Waals surface area contributed by atoms with Crippen LogP contribution in [0.5, 0.6) is 0 Å². The highest BCUT2D eigenvalue weighted by Gasteiger charge is 2.40. The molecule has 64 valence electrons. The summed E-state index contributed by atoms with van der Waals surface area (Å²) in [6.07, 6.45) is 4.17. The fourth-order valence-electron chi connectivity index (χ4n) is 2.00. The molecule has 0 aromatic carbocycles. The van der Waals surface area contributed by atoms with Crippen molar-refractivity contribution in [2.45, 2.75) is 37.5 Å². The quantitative estimate of drug-likeness (QED) is 0.561. The molecule has 11 heavy (non-hydrogen) atoms. The van der Waals surface area contributed by atoms with Crippen LogP contribution in [0.2, 0.25) is 0 Å². The van der Waals surface area contributed by atoms with Crippen molar-refractivity contribution >= 4 is 0 Å². The Hall–Kier alpha value is -0.120. The molecule has 3 heteroatoms. The molecule has 0 amide bonds. The lowest BCUT2D eigenvalue weighted by Gasteiger charge is -2.34. The van der Waals surface area contributed by atoms with E-state index >= 15 is 0 Å². The molecule has 0 unspecified atom stereocenters. The van der Waals surface area contributed by atoms with E-state index in [9.17, 15) is 0 Å². The van der Waals surface area contributed by atoms with Gasteiger partial charge in [-0.3, -0.25) is 0 Å². The van der Waals surface area contributed by atoms with Crippen LogP contribution in [0.15, 0.2) is 0 Å². The van der Waals surface area contributed by atoms with Crippen molar-refractivity contribution in [2.75, 3.05) is 13.2 Å². The molecular formula is C8H15NO2. The average molecular weight is 157 g/mol. The Kier molecular flexibility index (Phi) is 1.87. The summed E-state index contributed by atoms with van der Waals surface area (Å²) in [4.78, 5) is 0. The van der Waals surface area contributed by atoms with Crippen LogP contribution in [0.25, 0.3) is 0 Å². The lowest BCUT2D eigenvalue weighted by Crippen LogP contribution is -2.41. The summed E-state index contributed by atoms with van der Waals surface area (Å²) < 4.78 is 11.1. The molecule has 1 spiro atoms. The van der Waals surface area contributed by atoms with Crippen molar-refractivity contribution in [3.05, 3.63) is 0 Å². The number of nitrogens with two attached hydrogens (primary N) is 1. The standard InChI is InChI=1S/C8H15NO2/c9-7-2-1-3-8(6-7)10-4-5-11-8/h7H,1-6,9H2/t7-/m1/s1. The molecule has 0 bridgehead atoms. The van der Waals surface area contributed by atoms with Gasteiger partial charge in [-0.2, -0.15) is 0 Å². The maximum Gasteiger partial charge on any atom is 0.169 e. The number of hydrogen-bond donors (Lipinski definition) is 1. The van der Waals surface area contributed by atoms with E-state index in [1.165, 1.54) is 0 Å². The summed E-state index contributed by atoms with van der Waals surface area (Å²) in [6.45, 7) is 1.49. The van der Waals surface area contributed by atoms with Crippen LogP contribution in [0, 0.1) is 0 Å².